The van der Waals surface area contributed by atoms with Crippen LogP contribution in [0.4, 0.5) is 0 Å². The number of hydrogen-bond acceptors (Lipinski definition) is 6. The minimum absolute atomic E-state index is 0.651. The van der Waals surface area contributed by atoms with Gasteiger partial charge in [0.05, 0.1) is 22.8 Å². The third-order valence-corrected chi connectivity index (χ3v) is 10.3. The summed E-state index contributed by atoms with van der Waals surface area (Å²) < 4.78 is 13.8. The summed E-state index contributed by atoms with van der Waals surface area (Å²) >= 11 is 0. The summed E-state index contributed by atoms with van der Waals surface area (Å²) in [5.41, 5.74) is 11.7. The molecule has 0 aliphatic rings. The Balaban J connectivity index is 1.11. The van der Waals surface area contributed by atoms with Crippen LogP contribution in [-0.2, 0) is 0 Å². The number of para-hydroxylation sites is 2. The van der Waals surface area contributed by atoms with E-state index in [0.717, 1.165) is 88.9 Å². The van der Waals surface area contributed by atoms with Gasteiger partial charge in [-0.2, -0.15) is 0 Å². The molecule has 0 bridgehead atoms. The van der Waals surface area contributed by atoms with Crippen LogP contribution < -0.4 is 0 Å². The van der Waals surface area contributed by atoms with Gasteiger partial charge in [-0.1, -0.05) is 146 Å². The Labute approximate surface area is 321 Å². The maximum absolute atomic E-state index is 6.89. The first kappa shape index (κ1) is 31.8. The molecule has 7 aromatic carbocycles. The van der Waals surface area contributed by atoms with Crippen LogP contribution in [0.5, 0.6) is 0 Å². The lowest BCUT2D eigenvalue weighted by molar-refractivity contribution is 0.634. The van der Waals surface area contributed by atoms with Gasteiger partial charge >= 0.3 is 0 Å². The van der Waals surface area contributed by atoms with Crippen LogP contribution in [0.25, 0.3) is 112 Å². The standard InChI is InChI=1S/C50H30N4O2/c1-5-15-31(16-6-1)41-29-43(53-49(51-41)33-19-9-3-10-20-33)39-25-13-23-35-37-27-28-38-36-24-14-26-40(46(36)56-48(38)47(37)55-45(35)39)44-30-42(32-17-7-2-8-18-32)52-50(54-44)34-21-11-4-12-22-34/h1-30H. The van der Waals surface area contributed by atoms with Crippen molar-refractivity contribution in [1.82, 2.24) is 19.9 Å². The molecular weight excluding hydrogens is 689 g/mol. The van der Waals surface area contributed by atoms with Crippen molar-refractivity contribution in [2.24, 2.45) is 0 Å². The molecule has 0 unspecified atom stereocenters. The Morgan fingerprint density at radius 1 is 0.268 bits per heavy atom. The van der Waals surface area contributed by atoms with Crippen molar-refractivity contribution in [3.05, 3.63) is 182 Å². The maximum atomic E-state index is 6.89. The third-order valence-electron chi connectivity index (χ3n) is 10.3. The number of rotatable bonds is 6. The van der Waals surface area contributed by atoms with E-state index in [1.807, 2.05) is 109 Å². The number of nitrogens with zero attached hydrogens (tertiary/aromatic N) is 4. The Morgan fingerprint density at radius 2 is 0.607 bits per heavy atom. The minimum Gasteiger partial charge on any atom is -0.451 e. The van der Waals surface area contributed by atoms with Crippen molar-refractivity contribution in [3.8, 4) is 67.8 Å². The molecule has 0 atom stereocenters. The third kappa shape index (κ3) is 5.35. The fourth-order valence-electron chi connectivity index (χ4n) is 7.63. The fraction of sp³-hybridized carbons (Fsp3) is 0. The number of fused-ring (bicyclic) bond motifs is 7. The maximum Gasteiger partial charge on any atom is 0.178 e. The van der Waals surface area contributed by atoms with Gasteiger partial charge in [-0.05, 0) is 36.4 Å². The highest BCUT2D eigenvalue weighted by atomic mass is 16.4. The van der Waals surface area contributed by atoms with Crippen LogP contribution >= 0.6 is 0 Å². The Bertz CT molecular complexity index is 2900. The highest BCUT2D eigenvalue weighted by Crippen LogP contribution is 2.44. The molecule has 11 aromatic rings. The number of aromatic nitrogens is 4. The van der Waals surface area contributed by atoms with Gasteiger partial charge < -0.3 is 8.83 Å². The van der Waals surface area contributed by atoms with Crippen LogP contribution in [0, 0.1) is 0 Å². The van der Waals surface area contributed by atoms with Crippen LogP contribution in [0.2, 0.25) is 0 Å². The van der Waals surface area contributed by atoms with Gasteiger partial charge in [-0.3, -0.25) is 0 Å². The van der Waals surface area contributed by atoms with E-state index in [-0.39, 0.29) is 0 Å². The van der Waals surface area contributed by atoms with Gasteiger partial charge in [-0.25, -0.2) is 19.9 Å². The molecule has 0 aliphatic heterocycles. The second-order valence-corrected chi connectivity index (χ2v) is 13.8. The van der Waals surface area contributed by atoms with E-state index in [0.29, 0.717) is 22.8 Å². The van der Waals surface area contributed by atoms with Crippen molar-refractivity contribution < 1.29 is 8.83 Å². The molecule has 0 fully saturated rings. The quantitative estimate of drug-likeness (QED) is 0.170. The van der Waals surface area contributed by atoms with E-state index in [9.17, 15) is 0 Å². The van der Waals surface area contributed by atoms with Gasteiger partial charge in [0, 0.05) is 54.9 Å². The van der Waals surface area contributed by atoms with Crippen LogP contribution in [0.1, 0.15) is 0 Å². The van der Waals surface area contributed by atoms with E-state index in [2.05, 4.69) is 72.8 Å². The molecule has 4 aromatic heterocycles. The molecule has 0 amide bonds. The predicted molar refractivity (Wildman–Crippen MR) is 225 cm³/mol. The molecule has 0 saturated heterocycles. The minimum atomic E-state index is 0.651. The van der Waals surface area contributed by atoms with Crippen LogP contribution in [0.3, 0.4) is 0 Å². The van der Waals surface area contributed by atoms with Crippen molar-refractivity contribution >= 4 is 43.9 Å². The number of hydrogen-bond donors (Lipinski definition) is 0. The lowest BCUT2D eigenvalue weighted by atomic mass is 10.0. The summed E-state index contributed by atoms with van der Waals surface area (Å²) in [6.07, 6.45) is 0. The molecule has 262 valence electrons. The van der Waals surface area contributed by atoms with E-state index in [1.54, 1.807) is 0 Å². The average molecular weight is 719 g/mol. The zero-order valence-corrected chi connectivity index (χ0v) is 29.9. The van der Waals surface area contributed by atoms with Gasteiger partial charge in [-0.15, -0.1) is 0 Å². The number of benzene rings is 7. The molecule has 6 heteroatoms. The van der Waals surface area contributed by atoms with Crippen molar-refractivity contribution in [2.75, 3.05) is 0 Å². The molecule has 0 aliphatic carbocycles. The zero-order chi connectivity index (χ0) is 37.0. The molecule has 0 spiro atoms. The summed E-state index contributed by atoms with van der Waals surface area (Å²) in [4.78, 5) is 20.2. The molecule has 4 heterocycles. The Kier molecular flexibility index (Phi) is 7.38. The first-order valence-electron chi connectivity index (χ1n) is 18.6. The lowest BCUT2D eigenvalue weighted by Gasteiger charge is -2.09. The fourth-order valence-corrected chi connectivity index (χ4v) is 7.63. The summed E-state index contributed by atoms with van der Waals surface area (Å²) in [6, 6.07) is 61.4. The van der Waals surface area contributed by atoms with Gasteiger partial charge in [0.2, 0.25) is 0 Å². The van der Waals surface area contributed by atoms with E-state index < -0.39 is 0 Å². The smallest absolute Gasteiger partial charge is 0.178 e. The molecule has 6 nitrogen and oxygen atoms in total. The zero-order valence-electron chi connectivity index (χ0n) is 29.9. The molecule has 0 radical (unpaired) electrons. The van der Waals surface area contributed by atoms with Crippen LogP contribution in [-0.4, -0.2) is 19.9 Å². The SMILES string of the molecule is c1ccc(-c2cc(-c3cccc4c3oc3c4ccc4c5cccc(-c6cc(-c7ccccc7)nc(-c7ccccc7)n6)c5oc43)nc(-c3ccccc3)n2)cc1. The normalized spacial score (nSPS) is 11.6. The molecule has 11 rings (SSSR count). The Hall–Kier alpha value is -7.70. The Morgan fingerprint density at radius 3 is 1.00 bits per heavy atom. The van der Waals surface area contributed by atoms with Gasteiger partial charge in [0.15, 0.2) is 22.8 Å². The van der Waals surface area contributed by atoms with Crippen molar-refractivity contribution in [3.63, 3.8) is 0 Å². The summed E-state index contributed by atoms with van der Waals surface area (Å²) in [5, 5.41) is 3.90. The van der Waals surface area contributed by atoms with E-state index in [4.69, 9.17) is 28.8 Å². The van der Waals surface area contributed by atoms with E-state index in [1.165, 1.54) is 0 Å². The molecule has 0 saturated carbocycles. The summed E-state index contributed by atoms with van der Waals surface area (Å²) in [6.45, 7) is 0. The average Bonchev–Trinajstić information content (AvgIpc) is 3.86. The highest BCUT2D eigenvalue weighted by molar-refractivity contribution is 6.21. The first-order valence-corrected chi connectivity index (χ1v) is 18.6. The van der Waals surface area contributed by atoms with Gasteiger partial charge in [0.25, 0.3) is 0 Å². The summed E-state index contributed by atoms with van der Waals surface area (Å²) in [7, 11) is 0. The lowest BCUT2D eigenvalue weighted by Crippen LogP contribution is -1.96. The first-order chi connectivity index (χ1) is 27.7. The van der Waals surface area contributed by atoms with Gasteiger partial charge in [0.1, 0.15) is 11.2 Å². The summed E-state index contributed by atoms with van der Waals surface area (Å²) in [5.74, 6) is 1.30. The van der Waals surface area contributed by atoms with Crippen molar-refractivity contribution in [2.45, 2.75) is 0 Å². The highest BCUT2D eigenvalue weighted by Gasteiger charge is 2.22. The molecular formula is C50H30N4O2. The predicted octanol–water partition coefficient (Wildman–Crippen LogP) is 13.1. The topological polar surface area (TPSA) is 77.8 Å². The van der Waals surface area contributed by atoms with Crippen molar-refractivity contribution in [1.29, 1.82) is 0 Å². The molecule has 56 heavy (non-hydrogen) atoms. The number of furan rings is 2. The monoisotopic (exact) mass is 718 g/mol. The van der Waals surface area contributed by atoms with E-state index >= 15 is 0 Å². The second kappa shape index (κ2) is 13.0. The second-order valence-electron chi connectivity index (χ2n) is 13.8. The molecule has 0 N–H and O–H groups in total. The largest absolute Gasteiger partial charge is 0.451 e. The van der Waals surface area contributed by atoms with Crippen LogP contribution in [0.15, 0.2) is 191 Å².